The third-order valence-electron chi connectivity index (χ3n) is 2.96. The molecule has 0 fully saturated rings. The van der Waals surface area contributed by atoms with Gasteiger partial charge in [0.25, 0.3) is 5.91 Å². The molecule has 0 bridgehead atoms. The van der Waals surface area contributed by atoms with Crippen LogP contribution in [0, 0.1) is 0 Å². The van der Waals surface area contributed by atoms with Gasteiger partial charge in [-0.3, -0.25) is 4.79 Å². The van der Waals surface area contributed by atoms with Crippen molar-refractivity contribution in [1.29, 1.82) is 0 Å². The van der Waals surface area contributed by atoms with Gasteiger partial charge >= 0.3 is 6.18 Å². The lowest BCUT2D eigenvalue weighted by Crippen LogP contribution is -2.59. The van der Waals surface area contributed by atoms with Crippen molar-refractivity contribution in [3.63, 3.8) is 0 Å². The van der Waals surface area contributed by atoms with Crippen LogP contribution >= 0.6 is 0 Å². The summed E-state index contributed by atoms with van der Waals surface area (Å²) in [4.78, 5) is 11.8. The van der Waals surface area contributed by atoms with E-state index < -0.39 is 17.6 Å². The van der Waals surface area contributed by atoms with Crippen LogP contribution in [-0.4, -0.2) is 27.4 Å². The number of halogens is 3. The van der Waals surface area contributed by atoms with Crippen molar-refractivity contribution in [3.05, 3.63) is 42.7 Å². The lowest BCUT2D eigenvalue weighted by atomic mass is 10.0. The Morgan fingerprint density at radius 3 is 2.52 bits per heavy atom. The van der Waals surface area contributed by atoms with Gasteiger partial charge in [0.1, 0.15) is 0 Å². The molecule has 2 rings (SSSR count). The number of para-hydroxylation sites is 2. The van der Waals surface area contributed by atoms with Crippen LogP contribution in [0.4, 0.5) is 18.9 Å². The molecule has 1 atom stereocenters. The predicted octanol–water partition coefficient (Wildman–Crippen LogP) is 2.09. The molecular formula is C13H13F3N4O. The minimum absolute atomic E-state index is 0.187. The average molecular weight is 298 g/mol. The molecule has 21 heavy (non-hydrogen) atoms. The fourth-order valence-corrected chi connectivity index (χ4v) is 1.57. The first-order chi connectivity index (χ1) is 9.73. The molecule has 5 nitrogen and oxygen atoms in total. The van der Waals surface area contributed by atoms with Gasteiger partial charge in [-0.15, -0.1) is 0 Å². The zero-order valence-electron chi connectivity index (χ0n) is 11.1. The monoisotopic (exact) mass is 298 g/mol. The van der Waals surface area contributed by atoms with Crippen molar-refractivity contribution in [2.24, 2.45) is 5.73 Å². The molecule has 1 unspecified atom stereocenters. The van der Waals surface area contributed by atoms with Gasteiger partial charge in [0.15, 0.2) is 5.54 Å². The van der Waals surface area contributed by atoms with E-state index in [-0.39, 0.29) is 5.69 Å². The first kappa shape index (κ1) is 15.0. The molecule has 1 aromatic heterocycles. The minimum atomic E-state index is -4.85. The molecule has 0 saturated heterocycles. The lowest BCUT2D eigenvalue weighted by Gasteiger charge is -2.26. The van der Waals surface area contributed by atoms with Gasteiger partial charge in [0.05, 0.1) is 11.4 Å². The van der Waals surface area contributed by atoms with E-state index >= 15 is 0 Å². The Labute approximate surface area is 118 Å². The van der Waals surface area contributed by atoms with E-state index in [0.717, 1.165) is 0 Å². The molecule has 8 heteroatoms. The molecular weight excluding hydrogens is 285 g/mol. The highest BCUT2D eigenvalue weighted by Crippen LogP contribution is 2.30. The third kappa shape index (κ3) is 2.89. The van der Waals surface area contributed by atoms with E-state index in [1.165, 1.54) is 16.9 Å². The maximum Gasteiger partial charge on any atom is 0.415 e. The number of nitrogens with two attached hydrogens (primary N) is 1. The summed E-state index contributed by atoms with van der Waals surface area (Å²) in [6.45, 7) is 0.624. The number of aromatic nitrogens is 2. The number of carbonyl (C=O) groups is 1. The number of rotatable bonds is 3. The van der Waals surface area contributed by atoms with Gasteiger partial charge in [0, 0.05) is 12.4 Å². The third-order valence-corrected chi connectivity index (χ3v) is 2.96. The highest BCUT2D eigenvalue weighted by atomic mass is 19.4. The Hall–Kier alpha value is -2.35. The second kappa shape index (κ2) is 5.21. The van der Waals surface area contributed by atoms with E-state index in [4.69, 9.17) is 5.73 Å². The zero-order valence-corrected chi connectivity index (χ0v) is 11.1. The van der Waals surface area contributed by atoms with Gasteiger partial charge < -0.3 is 11.1 Å². The molecule has 0 aliphatic carbocycles. The largest absolute Gasteiger partial charge is 0.415 e. The summed E-state index contributed by atoms with van der Waals surface area (Å²) < 4.78 is 39.7. The van der Waals surface area contributed by atoms with Crippen LogP contribution in [0.15, 0.2) is 42.7 Å². The van der Waals surface area contributed by atoms with Gasteiger partial charge in [-0.1, -0.05) is 12.1 Å². The van der Waals surface area contributed by atoms with Crippen molar-refractivity contribution in [3.8, 4) is 5.69 Å². The predicted molar refractivity (Wildman–Crippen MR) is 70.8 cm³/mol. The Morgan fingerprint density at radius 1 is 1.29 bits per heavy atom. The number of nitrogens with one attached hydrogen (secondary N) is 1. The van der Waals surface area contributed by atoms with E-state index in [9.17, 15) is 18.0 Å². The molecule has 2 aromatic rings. The molecule has 1 heterocycles. The van der Waals surface area contributed by atoms with Crippen molar-refractivity contribution in [2.45, 2.75) is 18.6 Å². The van der Waals surface area contributed by atoms with Gasteiger partial charge in [-0.05, 0) is 25.1 Å². The van der Waals surface area contributed by atoms with Crippen LogP contribution in [0.25, 0.3) is 5.69 Å². The Morgan fingerprint density at radius 2 is 1.95 bits per heavy atom. The second-order valence-corrected chi connectivity index (χ2v) is 4.62. The fraction of sp³-hybridized carbons (Fsp3) is 0.231. The number of alkyl halides is 3. The van der Waals surface area contributed by atoms with E-state index in [1.54, 1.807) is 30.5 Å². The molecule has 3 N–H and O–H groups in total. The van der Waals surface area contributed by atoms with Crippen LogP contribution in [0.1, 0.15) is 6.92 Å². The topological polar surface area (TPSA) is 72.9 Å². The van der Waals surface area contributed by atoms with Crippen LogP contribution in [0.2, 0.25) is 0 Å². The SMILES string of the molecule is CC(N)(C(=O)Nc1ccccc1-n1cccn1)C(F)(F)F. The molecule has 0 aliphatic rings. The number of benzene rings is 1. The summed E-state index contributed by atoms with van der Waals surface area (Å²) in [6.07, 6.45) is -1.73. The molecule has 1 amide bonds. The van der Waals surface area contributed by atoms with Crippen molar-refractivity contribution >= 4 is 11.6 Å². The summed E-state index contributed by atoms with van der Waals surface area (Å²) in [5.41, 5.74) is 2.74. The van der Waals surface area contributed by atoms with Crippen molar-refractivity contribution in [2.75, 3.05) is 5.32 Å². The number of hydrogen-bond acceptors (Lipinski definition) is 3. The van der Waals surface area contributed by atoms with Gasteiger partial charge in [0.2, 0.25) is 0 Å². The van der Waals surface area contributed by atoms with Gasteiger partial charge in [-0.2, -0.15) is 18.3 Å². The van der Waals surface area contributed by atoms with E-state index in [2.05, 4.69) is 10.4 Å². The average Bonchev–Trinajstić information content (AvgIpc) is 2.91. The molecule has 0 radical (unpaired) electrons. The van der Waals surface area contributed by atoms with Crippen LogP contribution < -0.4 is 11.1 Å². The standard InChI is InChI=1S/C13H13F3N4O/c1-12(17,13(14,15)16)11(21)19-9-5-2-3-6-10(9)20-8-4-7-18-20/h2-8H,17H2,1H3,(H,19,21). The number of carbonyl (C=O) groups excluding carboxylic acids is 1. The number of anilines is 1. The summed E-state index contributed by atoms with van der Waals surface area (Å²) in [5, 5.41) is 6.18. The summed E-state index contributed by atoms with van der Waals surface area (Å²) >= 11 is 0. The number of nitrogens with zero attached hydrogens (tertiary/aromatic N) is 2. The van der Waals surface area contributed by atoms with Crippen LogP contribution in [-0.2, 0) is 4.79 Å². The molecule has 1 aromatic carbocycles. The van der Waals surface area contributed by atoms with Crippen molar-refractivity contribution in [1.82, 2.24) is 9.78 Å². The first-order valence-corrected chi connectivity index (χ1v) is 5.99. The van der Waals surface area contributed by atoms with E-state index in [0.29, 0.717) is 12.6 Å². The Balaban J connectivity index is 2.31. The highest BCUT2D eigenvalue weighted by molar-refractivity contribution is 5.99. The highest BCUT2D eigenvalue weighted by Gasteiger charge is 2.54. The normalized spacial score (nSPS) is 14.5. The minimum Gasteiger partial charge on any atom is -0.322 e. The lowest BCUT2D eigenvalue weighted by molar-refractivity contribution is -0.184. The zero-order chi connectivity index (χ0) is 15.7. The van der Waals surface area contributed by atoms with E-state index in [1.807, 2.05) is 0 Å². The fourth-order valence-electron chi connectivity index (χ4n) is 1.57. The van der Waals surface area contributed by atoms with Crippen molar-refractivity contribution < 1.29 is 18.0 Å². The maximum atomic E-state index is 12.8. The summed E-state index contributed by atoms with van der Waals surface area (Å²) in [6, 6.07) is 8.01. The van der Waals surface area contributed by atoms with Crippen LogP contribution in [0.5, 0.6) is 0 Å². The number of hydrogen-bond donors (Lipinski definition) is 2. The molecule has 0 aliphatic heterocycles. The molecule has 0 saturated carbocycles. The smallest absolute Gasteiger partial charge is 0.322 e. The molecule has 112 valence electrons. The van der Waals surface area contributed by atoms with Gasteiger partial charge in [-0.25, -0.2) is 4.68 Å². The second-order valence-electron chi connectivity index (χ2n) is 4.62. The molecule has 0 spiro atoms. The first-order valence-electron chi connectivity index (χ1n) is 5.99. The quantitative estimate of drug-likeness (QED) is 0.911. The van der Waals surface area contributed by atoms with Crippen LogP contribution in [0.3, 0.4) is 0 Å². The number of amides is 1. The maximum absolute atomic E-state index is 12.8. The summed E-state index contributed by atoms with van der Waals surface area (Å²) in [7, 11) is 0. The Kier molecular flexibility index (Phi) is 3.73. The Bertz CT molecular complexity index is 635. The summed E-state index contributed by atoms with van der Waals surface area (Å²) in [5.74, 6) is -1.34.